The molecular weight excluding hydrogens is 473 g/mol. The zero-order valence-corrected chi connectivity index (χ0v) is 19.5. The Labute approximate surface area is 206 Å². The minimum atomic E-state index is -3.10. The average molecular weight is 499 g/mol. The van der Waals surface area contributed by atoms with E-state index in [0.717, 1.165) is 5.56 Å². The van der Waals surface area contributed by atoms with Crippen LogP contribution in [-0.4, -0.2) is 42.7 Å². The molecule has 188 valence electrons. The molecule has 7 nitrogen and oxygen atoms in total. The van der Waals surface area contributed by atoms with E-state index in [1.807, 2.05) is 0 Å². The van der Waals surface area contributed by atoms with Crippen LogP contribution in [0.15, 0.2) is 66.9 Å². The van der Waals surface area contributed by atoms with Gasteiger partial charge in [0.05, 0.1) is 25.3 Å². The third kappa shape index (κ3) is 6.01. The maximum Gasteiger partial charge on any atom is 0.414 e. The maximum absolute atomic E-state index is 14.9. The standard InChI is InChI=1S/C26H25F3N4O3/c1-17(34)32-14-21-15-33(25(35)36-21)20-9-10-22(23(27)12-20)19-7-5-18(6-8-19)13-30-16-26(28,29)24-4-2-3-11-31-24/h2-12,21,30H,13-16H2,1H3,(H,32,34)/t21-/m0/s1. The number of carbonyl (C=O) groups is 2. The van der Waals surface area contributed by atoms with Crippen LogP contribution in [0.25, 0.3) is 11.1 Å². The molecule has 2 amide bonds. The van der Waals surface area contributed by atoms with Gasteiger partial charge in [0, 0.05) is 25.2 Å². The fraction of sp³-hybridized carbons (Fsp3) is 0.269. The van der Waals surface area contributed by atoms with Crippen molar-refractivity contribution in [2.75, 3.05) is 24.5 Å². The van der Waals surface area contributed by atoms with Gasteiger partial charge in [-0.15, -0.1) is 0 Å². The van der Waals surface area contributed by atoms with Crippen LogP contribution in [0.1, 0.15) is 18.2 Å². The van der Waals surface area contributed by atoms with Crippen molar-refractivity contribution < 1.29 is 27.5 Å². The van der Waals surface area contributed by atoms with Gasteiger partial charge < -0.3 is 15.4 Å². The van der Waals surface area contributed by atoms with E-state index in [1.165, 1.54) is 36.2 Å². The number of aromatic nitrogens is 1. The summed E-state index contributed by atoms with van der Waals surface area (Å²) < 4.78 is 48.6. The highest BCUT2D eigenvalue weighted by molar-refractivity contribution is 5.90. The Morgan fingerprint density at radius 3 is 2.61 bits per heavy atom. The van der Waals surface area contributed by atoms with Crippen LogP contribution in [0.3, 0.4) is 0 Å². The number of rotatable bonds is 9. The summed E-state index contributed by atoms with van der Waals surface area (Å²) >= 11 is 0. The number of benzene rings is 2. The molecule has 1 aliphatic rings. The second-order valence-electron chi connectivity index (χ2n) is 8.44. The summed E-state index contributed by atoms with van der Waals surface area (Å²) in [6.45, 7) is 1.39. The van der Waals surface area contributed by atoms with Gasteiger partial charge in [-0.1, -0.05) is 30.3 Å². The first-order chi connectivity index (χ1) is 17.2. The number of amides is 2. The summed E-state index contributed by atoms with van der Waals surface area (Å²) in [4.78, 5) is 28.3. The number of hydrogen-bond acceptors (Lipinski definition) is 5. The lowest BCUT2D eigenvalue weighted by atomic mass is 10.0. The first kappa shape index (κ1) is 25.2. The lowest BCUT2D eigenvalue weighted by molar-refractivity contribution is -0.119. The molecule has 1 fully saturated rings. The molecule has 36 heavy (non-hydrogen) atoms. The first-order valence-electron chi connectivity index (χ1n) is 11.3. The van der Waals surface area contributed by atoms with E-state index in [9.17, 15) is 22.8 Å². The first-order valence-corrected chi connectivity index (χ1v) is 11.3. The van der Waals surface area contributed by atoms with Crippen LogP contribution in [0.4, 0.5) is 23.7 Å². The molecule has 1 atom stereocenters. The minimum Gasteiger partial charge on any atom is -0.442 e. The van der Waals surface area contributed by atoms with Gasteiger partial charge in [0.25, 0.3) is 0 Å². The van der Waals surface area contributed by atoms with Crippen molar-refractivity contribution in [3.8, 4) is 11.1 Å². The third-order valence-corrected chi connectivity index (χ3v) is 5.70. The number of ether oxygens (including phenoxy) is 1. The lowest BCUT2D eigenvalue weighted by Gasteiger charge is -2.16. The summed E-state index contributed by atoms with van der Waals surface area (Å²) in [5, 5.41) is 5.33. The lowest BCUT2D eigenvalue weighted by Crippen LogP contribution is -2.33. The van der Waals surface area contributed by atoms with Crippen LogP contribution < -0.4 is 15.5 Å². The topological polar surface area (TPSA) is 83.6 Å². The van der Waals surface area contributed by atoms with E-state index < -0.39 is 30.5 Å². The highest BCUT2D eigenvalue weighted by Gasteiger charge is 2.33. The van der Waals surface area contributed by atoms with Gasteiger partial charge >= 0.3 is 12.0 Å². The number of pyridine rings is 1. The molecule has 1 aromatic heterocycles. The Morgan fingerprint density at radius 1 is 1.17 bits per heavy atom. The summed E-state index contributed by atoms with van der Waals surface area (Å²) in [7, 11) is 0. The van der Waals surface area contributed by atoms with Crippen molar-refractivity contribution in [1.29, 1.82) is 0 Å². The molecule has 0 spiro atoms. The normalized spacial score (nSPS) is 15.6. The molecule has 4 rings (SSSR count). The van der Waals surface area contributed by atoms with E-state index in [4.69, 9.17) is 4.74 Å². The smallest absolute Gasteiger partial charge is 0.414 e. The molecular formula is C26H25F3N4O3. The highest BCUT2D eigenvalue weighted by atomic mass is 19.3. The Hall–Kier alpha value is -3.92. The zero-order chi connectivity index (χ0) is 25.7. The Bertz CT molecular complexity index is 1220. The monoisotopic (exact) mass is 498 g/mol. The molecule has 0 unspecified atom stereocenters. The van der Waals surface area contributed by atoms with Crippen molar-refractivity contribution >= 4 is 17.7 Å². The van der Waals surface area contributed by atoms with Gasteiger partial charge in [-0.25, -0.2) is 9.18 Å². The van der Waals surface area contributed by atoms with Gasteiger partial charge in [0.15, 0.2) is 0 Å². The molecule has 0 aliphatic carbocycles. The number of hydrogen-bond donors (Lipinski definition) is 2. The van der Waals surface area contributed by atoms with E-state index in [2.05, 4.69) is 15.6 Å². The number of anilines is 1. The highest BCUT2D eigenvalue weighted by Crippen LogP contribution is 2.29. The van der Waals surface area contributed by atoms with E-state index in [-0.39, 0.29) is 31.2 Å². The van der Waals surface area contributed by atoms with Crippen LogP contribution in [0.2, 0.25) is 0 Å². The number of cyclic esters (lactones) is 1. The van der Waals surface area contributed by atoms with E-state index >= 15 is 0 Å². The van der Waals surface area contributed by atoms with Crippen molar-refractivity contribution in [2.45, 2.75) is 25.5 Å². The third-order valence-electron chi connectivity index (χ3n) is 5.70. The van der Waals surface area contributed by atoms with Crippen molar-refractivity contribution in [3.05, 3.63) is 83.9 Å². The van der Waals surface area contributed by atoms with Gasteiger partial charge in [0.1, 0.15) is 17.6 Å². The molecule has 0 radical (unpaired) electrons. The fourth-order valence-corrected chi connectivity index (χ4v) is 3.84. The average Bonchev–Trinajstić information content (AvgIpc) is 3.24. The van der Waals surface area contributed by atoms with Gasteiger partial charge in [-0.3, -0.25) is 14.7 Å². The van der Waals surface area contributed by atoms with Crippen LogP contribution in [0, 0.1) is 5.82 Å². The second-order valence-corrected chi connectivity index (χ2v) is 8.44. The van der Waals surface area contributed by atoms with E-state index in [1.54, 1.807) is 42.5 Å². The van der Waals surface area contributed by atoms with E-state index in [0.29, 0.717) is 16.8 Å². The van der Waals surface area contributed by atoms with Crippen LogP contribution >= 0.6 is 0 Å². The Balaban J connectivity index is 1.36. The molecule has 10 heteroatoms. The Morgan fingerprint density at radius 2 is 1.94 bits per heavy atom. The summed E-state index contributed by atoms with van der Waals surface area (Å²) in [5.74, 6) is -3.85. The van der Waals surface area contributed by atoms with Crippen LogP contribution in [-0.2, 0) is 22.0 Å². The van der Waals surface area contributed by atoms with Crippen molar-refractivity contribution in [3.63, 3.8) is 0 Å². The van der Waals surface area contributed by atoms with Gasteiger partial charge in [-0.2, -0.15) is 8.78 Å². The molecule has 0 saturated carbocycles. The SMILES string of the molecule is CC(=O)NC[C@H]1CN(c2ccc(-c3ccc(CNCC(F)(F)c4ccccn4)cc3)c(F)c2)C(=O)O1. The molecule has 2 N–H and O–H groups in total. The molecule has 0 bridgehead atoms. The van der Waals surface area contributed by atoms with Crippen LogP contribution in [0.5, 0.6) is 0 Å². The summed E-state index contributed by atoms with van der Waals surface area (Å²) in [6.07, 6.45) is 0.201. The fourth-order valence-electron chi connectivity index (χ4n) is 3.84. The summed E-state index contributed by atoms with van der Waals surface area (Å²) in [5.41, 5.74) is 1.76. The minimum absolute atomic E-state index is 0.181. The van der Waals surface area contributed by atoms with Gasteiger partial charge in [-0.05, 0) is 41.5 Å². The predicted octanol–water partition coefficient (Wildman–Crippen LogP) is 4.23. The largest absolute Gasteiger partial charge is 0.442 e. The Kier molecular flexibility index (Phi) is 7.54. The van der Waals surface area contributed by atoms with Gasteiger partial charge in [0.2, 0.25) is 5.91 Å². The number of nitrogens with one attached hydrogen (secondary N) is 2. The van der Waals surface area contributed by atoms with Crippen molar-refractivity contribution in [1.82, 2.24) is 15.6 Å². The number of alkyl halides is 2. The number of nitrogens with zero attached hydrogens (tertiary/aromatic N) is 2. The quantitative estimate of drug-likeness (QED) is 0.461. The summed E-state index contributed by atoms with van der Waals surface area (Å²) in [6, 6.07) is 15.7. The number of halogens is 3. The maximum atomic E-state index is 14.9. The molecule has 2 aromatic carbocycles. The number of carbonyl (C=O) groups excluding carboxylic acids is 2. The molecule has 1 aliphatic heterocycles. The molecule has 1 saturated heterocycles. The molecule has 2 heterocycles. The van der Waals surface area contributed by atoms with Crippen molar-refractivity contribution in [2.24, 2.45) is 0 Å². The second kappa shape index (κ2) is 10.8. The zero-order valence-electron chi connectivity index (χ0n) is 19.5. The molecule has 3 aromatic rings. The predicted molar refractivity (Wildman–Crippen MR) is 128 cm³/mol.